The number of carboxylic acids is 1. The molecule has 1 aromatic rings. The van der Waals surface area contributed by atoms with Crippen LogP contribution in [0.25, 0.3) is 0 Å². The molecule has 0 bridgehead atoms. The first-order valence-electron chi connectivity index (χ1n) is 4.86. The van der Waals surface area contributed by atoms with Gasteiger partial charge in [-0.1, -0.05) is 18.2 Å². The van der Waals surface area contributed by atoms with Gasteiger partial charge in [0.05, 0.1) is 7.11 Å². The van der Waals surface area contributed by atoms with Crippen molar-refractivity contribution in [2.45, 2.75) is 17.7 Å². The Morgan fingerprint density at radius 3 is 1.74 bits per heavy atom. The topological polar surface area (TPSA) is 46.5 Å². The maximum absolute atomic E-state index is 10.6. The van der Waals surface area contributed by atoms with E-state index in [2.05, 4.69) is 25.3 Å². The van der Waals surface area contributed by atoms with E-state index in [9.17, 15) is 13.2 Å². The van der Waals surface area contributed by atoms with E-state index in [1.165, 1.54) is 0 Å². The number of halogens is 3. The monoisotopic (exact) mass is 316 g/mol. The Morgan fingerprint density at radius 2 is 1.58 bits per heavy atom. The number of rotatable bonds is 1. The van der Waals surface area contributed by atoms with Crippen LogP contribution in [0.2, 0.25) is 0 Å². The molecule has 0 aliphatic rings. The van der Waals surface area contributed by atoms with Crippen molar-refractivity contribution in [3.05, 3.63) is 30.3 Å². The Hall–Kier alpha value is -1.02. The number of carbonyl (C=O) groups is 1. The lowest BCUT2D eigenvalue weighted by molar-refractivity contribution is -0.192. The highest BCUT2D eigenvalue weighted by atomic mass is 32.2. The van der Waals surface area contributed by atoms with Crippen LogP contribution in [0.15, 0.2) is 30.3 Å². The Labute approximate surface area is 120 Å². The summed E-state index contributed by atoms with van der Waals surface area (Å²) in [7, 11) is 1.66. The number of benzene rings is 1. The Kier molecular flexibility index (Phi) is 11.6. The molecule has 0 spiro atoms. The number of hydrogen-bond acceptors (Lipinski definition) is 4. The Morgan fingerprint density at radius 1 is 1.26 bits per heavy atom. The van der Waals surface area contributed by atoms with E-state index in [1.807, 2.05) is 37.3 Å². The second kappa shape index (κ2) is 10.9. The fraction of sp³-hybridized carbons (Fsp3) is 0.364. The lowest BCUT2D eigenvalue weighted by Crippen LogP contribution is -2.21. The van der Waals surface area contributed by atoms with Crippen molar-refractivity contribution < 1.29 is 27.8 Å². The van der Waals surface area contributed by atoms with Crippen LogP contribution in [-0.4, -0.2) is 28.9 Å². The molecule has 3 nitrogen and oxygen atoms in total. The Balaban J connectivity index is 0. The highest BCUT2D eigenvalue weighted by Crippen LogP contribution is 2.13. The summed E-state index contributed by atoms with van der Waals surface area (Å²) in [6.07, 6.45) is -5.08. The number of para-hydroxylation sites is 1. The second-order valence-electron chi connectivity index (χ2n) is 2.95. The van der Waals surface area contributed by atoms with E-state index in [0.29, 0.717) is 0 Å². The molecule has 1 rings (SSSR count). The molecule has 0 saturated carbocycles. The van der Waals surface area contributed by atoms with E-state index in [1.54, 1.807) is 7.11 Å². The van der Waals surface area contributed by atoms with Crippen molar-refractivity contribution in [3.8, 4) is 5.75 Å². The van der Waals surface area contributed by atoms with Gasteiger partial charge in [0.2, 0.25) is 0 Å². The van der Waals surface area contributed by atoms with E-state index in [4.69, 9.17) is 14.6 Å². The molecule has 0 fully saturated rings. The largest absolute Gasteiger partial charge is 0.497 e. The molecule has 0 aromatic heterocycles. The molecule has 0 atom stereocenters. The summed E-state index contributed by atoms with van der Waals surface area (Å²) in [5.74, 6) is -1.85. The van der Waals surface area contributed by atoms with E-state index < -0.39 is 12.1 Å². The van der Waals surface area contributed by atoms with Gasteiger partial charge in [-0.2, -0.15) is 38.4 Å². The van der Waals surface area contributed by atoms with Crippen LogP contribution in [0.1, 0.15) is 6.92 Å². The molecule has 0 aliphatic carbocycles. The summed E-state index contributed by atoms with van der Waals surface area (Å²) in [5.41, 5.74) is 0. The SMILES string of the molecule is CC(S)S.COc1ccccc1.O=C(O)C(F)(F)F. The van der Waals surface area contributed by atoms with Gasteiger partial charge in [0.15, 0.2) is 0 Å². The summed E-state index contributed by atoms with van der Waals surface area (Å²) >= 11 is 7.66. The minimum atomic E-state index is -5.08. The lowest BCUT2D eigenvalue weighted by Gasteiger charge is -1.93. The van der Waals surface area contributed by atoms with Gasteiger partial charge in [-0.05, 0) is 19.1 Å². The second-order valence-corrected chi connectivity index (χ2v) is 4.91. The molecule has 1 aromatic carbocycles. The van der Waals surface area contributed by atoms with Gasteiger partial charge >= 0.3 is 12.1 Å². The number of aliphatic carboxylic acids is 1. The van der Waals surface area contributed by atoms with Crippen molar-refractivity contribution in [3.63, 3.8) is 0 Å². The summed E-state index contributed by atoms with van der Waals surface area (Å²) in [6, 6.07) is 9.68. The maximum atomic E-state index is 10.6. The molecule has 110 valence electrons. The van der Waals surface area contributed by atoms with Crippen molar-refractivity contribution in [1.29, 1.82) is 0 Å². The molecule has 0 saturated heterocycles. The first-order chi connectivity index (χ1) is 8.61. The molecule has 0 unspecified atom stereocenters. The zero-order valence-corrected chi connectivity index (χ0v) is 12.0. The smallest absolute Gasteiger partial charge is 0.490 e. The molecular weight excluding hydrogens is 301 g/mol. The maximum Gasteiger partial charge on any atom is 0.490 e. The van der Waals surface area contributed by atoms with Gasteiger partial charge in [-0.3, -0.25) is 0 Å². The third-order valence-electron chi connectivity index (χ3n) is 1.22. The first-order valence-corrected chi connectivity index (χ1v) is 5.89. The van der Waals surface area contributed by atoms with Gasteiger partial charge in [0.25, 0.3) is 0 Å². The summed E-state index contributed by atoms with van der Waals surface area (Å²) in [5, 5.41) is 7.12. The van der Waals surface area contributed by atoms with E-state index in [0.717, 1.165) is 5.75 Å². The van der Waals surface area contributed by atoms with Gasteiger partial charge < -0.3 is 9.84 Å². The van der Waals surface area contributed by atoms with Crippen LogP contribution in [0.5, 0.6) is 5.75 Å². The molecular formula is C11H15F3O3S2. The van der Waals surface area contributed by atoms with Crippen LogP contribution < -0.4 is 4.74 Å². The molecule has 0 aliphatic heterocycles. The van der Waals surface area contributed by atoms with Crippen LogP contribution in [0.4, 0.5) is 13.2 Å². The predicted molar refractivity (Wildman–Crippen MR) is 74.1 cm³/mol. The molecule has 0 radical (unpaired) electrons. The number of methoxy groups -OCH3 is 1. The van der Waals surface area contributed by atoms with E-state index in [-0.39, 0.29) is 4.58 Å². The summed E-state index contributed by atoms with van der Waals surface area (Å²) < 4.78 is 36.9. The third-order valence-corrected chi connectivity index (χ3v) is 1.22. The summed E-state index contributed by atoms with van der Waals surface area (Å²) in [6.45, 7) is 1.90. The van der Waals surface area contributed by atoms with Gasteiger partial charge in [0.1, 0.15) is 5.75 Å². The molecule has 0 heterocycles. The van der Waals surface area contributed by atoms with Crippen LogP contribution in [0, 0.1) is 0 Å². The quantitative estimate of drug-likeness (QED) is 0.549. The molecule has 8 heteroatoms. The summed E-state index contributed by atoms with van der Waals surface area (Å²) in [4.78, 5) is 8.90. The van der Waals surface area contributed by atoms with Crippen molar-refractivity contribution >= 4 is 31.2 Å². The number of alkyl halides is 3. The van der Waals surface area contributed by atoms with Crippen molar-refractivity contribution in [2.24, 2.45) is 0 Å². The molecule has 0 amide bonds. The van der Waals surface area contributed by atoms with Gasteiger partial charge in [-0.15, -0.1) is 0 Å². The average Bonchev–Trinajstić information content (AvgIpc) is 2.29. The fourth-order valence-electron chi connectivity index (χ4n) is 0.557. The lowest BCUT2D eigenvalue weighted by atomic mass is 10.3. The predicted octanol–water partition coefficient (Wildman–Crippen LogP) is 3.52. The number of carboxylic acid groups (broad SMARTS) is 1. The Bertz CT molecular complexity index is 340. The number of hydrogen-bond donors (Lipinski definition) is 3. The van der Waals surface area contributed by atoms with Crippen LogP contribution >= 0.6 is 25.3 Å². The zero-order valence-electron chi connectivity index (χ0n) is 10.3. The highest BCUT2D eigenvalue weighted by molar-refractivity contribution is 7.99. The normalized spacial score (nSPS) is 9.68. The van der Waals surface area contributed by atoms with Gasteiger partial charge in [-0.25, -0.2) is 4.79 Å². The minimum Gasteiger partial charge on any atom is -0.497 e. The zero-order chi connectivity index (χ0) is 15.5. The van der Waals surface area contributed by atoms with Crippen LogP contribution in [-0.2, 0) is 4.79 Å². The first kappa shape index (κ1) is 20.3. The van der Waals surface area contributed by atoms with Gasteiger partial charge in [0, 0.05) is 4.58 Å². The van der Waals surface area contributed by atoms with E-state index >= 15 is 0 Å². The van der Waals surface area contributed by atoms with Crippen molar-refractivity contribution in [2.75, 3.05) is 7.11 Å². The average molecular weight is 316 g/mol. The molecule has 19 heavy (non-hydrogen) atoms. The van der Waals surface area contributed by atoms with Crippen LogP contribution in [0.3, 0.4) is 0 Å². The van der Waals surface area contributed by atoms with Crippen molar-refractivity contribution in [1.82, 2.24) is 0 Å². The number of thiol groups is 2. The fourth-order valence-corrected chi connectivity index (χ4v) is 0.557. The number of ether oxygens (including phenoxy) is 1. The molecule has 1 N–H and O–H groups in total. The minimum absolute atomic E-state index is 0.222. The highest BCUT2D eigenvalue weighted by Gasteiger charge is 2.38. The standard InChI is InChI=1S/C7H8O.C2HF3O2.C2H6S2/c1-8-7-5-3-2-4-6-7;3-2(4,5)1(6)7;1-2(3)4/h2-6H,1H3;(H,6,7);2-4H,1H3. The third kappa shape index (κ3) is 17.0.